The van der Waals surface area contributed by atoms with Crippen LogP contribution in [0.4, 0.5) is 0 Å². The van der Waals surface area contributed by atoms with Gasteiger partial charge in [-0.15, -0.1) is 0 Å². The van der Waals surface area contributed by atoms with Crippen LogP contribution in [0.25, 0.3) is 21.9 Å². The number of aromatic amines is 1. The minimum Gasteiger partial charge on any atom is -0.493 e. The van der Waals surface area contributed by atoms with Gasteiger partial charge in [0, 0.05) is 37.8 Å². The molecule has 3 aromatic heterocycles. The molecule has 0 saturated carbocycles. The maximum atomic E-state index is 12.8. The topological polar surface area (TPSA) is 104 Å². The Morgan fingerprint density at radius 3 is 2.41 bits per heavy atom. The normalized spacial score (nSPS) is 11.9. The summed E-state index contributed by atoms with van der Waals surface area (Å²) in [6.07, 6.45) is 3.93. The van der Waals surface area contributed by atoms with Crippen molar-refractivity contribution in [2.24, 2.45) is 12.5 Å². The van der Waals surface area contributed by atoms with Gasteiger partial charge in [0.1, 0.15) is 11.3 Å². The summed E-state index contributed by atoms with van der Waals surface area (Å²) < 4.78 is 13.5. The van der Waals surface area contributed by atoms with Crippen molar-refractivity contribution in [1.82, 2.24) is 24.1 Å². The number of pyridine rings is 1. The Morgan fingerprint density at radius 2 is 1.75 bits per heavy atom. The summed E-state index contributed by atoms with van der Waals surface area (Å²) in [4.78, 5) is 37.7. The number of nitrogens with one attached hydrogen (secondary N) is 1. The SMILES string of the molecule is COc1cc2cncc(Cc3nc4c([nH]3)c(=O)n(C)c(=O)n4CC(C)(C)C)c2cc1OC. The third kappa shape index (κ3) is 3.74. The molecular formula is C23H27N5O4. The van der Waals surface area contributed by atoms with Crippen molar-refractivity contribution in [3.05, 3.63) is 56.8 Å². The van der Waals surface area contributed by atoms with E-state index in [9.17, 15) is 9.59 Å². The number of ether oxygens (including phenoxy) is 2. The number of fused-ring (bicyclic) bond motifs is 2. The van der Waals surface area contributed by atoms with E-state index >= 15 is 0 Å². The molecule has 168 valence electrons. The van der Waals surface area contributed by atoms with E-state index < -0.39 is 5.56 Å². The highest BCUT2D eigenvalue weighted by molar-refractivity contribution is 5.88. The molecule has 1 N–H and O–H groups in total. The number of imidazole rings is 1. The monoisotopic (exact) mass is 437 g/mol. The number of nitrogens with zero attached hydrogens (tertiary/aromatic N) is 4. The highest BCUT2D eigenvalue weighted by Crippen LogP contribution is 2.33. The van der Waals surface area contributed by atoms with Crippen molar-refractivity contribution in [2.75, 3.05) is 14.2 Å². The number of benzene rings is 1. The maximum Gasteiger partial charge on any atom is 0.332 e. The summed E-state index contributed by atoms with van der Waals surface area (Å²) in [5, 5.41) is 1.84. The summed E-state index contributed by atoms with van der Waals surface area (Å²) in [5.74, 6) is 1.82. The molecule has 3 heterocycles. The van der Waals surface area contributed by atoms with Crippen LogP contribution in [0.2, 0.25) is 0 Å². The molecule has 1 aromatic carbocycles. The maximum absolute atomic E-state index is 12.8. The van der Waals surface area contributed by atoms with Gasteiger partial charge in [0.15, 0.2) is 17.1 Å². The van der Waals surface area contributed by atoms with Crippen LogP contribution in [0.3, 0.4) is 0 Å². The van der Waals surface area contributed by atoms with Crippen molar-refractivity contribution in [3.63, 3.8) is 0 Å². The molecule has 32 heavy (non-hydrogen) atoms. The molecule has 0 fully saturated rings. The Hall–Kier alpha value is -3.62. The Balaban J connectivity index is 1.86. The Labute approximate surface area is 184 Å². The summed E-state index contributed by atoms with van der Waals surface area (Å²) in [6, 6.07) is 3.78. The first-order chi connectivity index (χ1) is 15.1. The molecule has 0 unspecified atom stereocenters. The van der Waals surface area contributed by atoms with E-state index in [1.54, 1.807) is 31.2 Å². The van der Waals surface area contributed by atoms with Crippen molar-refractivity contribution in [2.45, 2.75) is 33.7 Å². The van der Waals surface area contributed by atoms with Crippen molar-refractivity contribution < 1.29 is 9.47 Å². The first-order valence-corrected chi connectivity index (χ1v) is 10.3. The Kier molecular flexibility index (Phi) is 5.28. The zero-order valence-electron chi connectivity index (χ0n) is 19.1. The standard InChI is InChI=1S/C23H27N5O4/c1-23(2,3)12-28-20-19(21(29)27(4)22(28)30)25-18(26-20)8-14-11-24-10-13-7-16(31-5)17(32-6)9-15(13)14/h7,9-11H,8,12H2,1-6H3,(H,25,26). The number of H-pyrrole nitrogens is 1. The van der Waals surface area contributed by atoms with Crippen molar-refractivity contribution in [3.8, 4) is 11.5 Å². The van der Waals surface area contributed by atoms with Crippen LogP contribution < -0.4 is 20.7 Å². The van der Waals surface area contributed by atoms with Gasteiger partial charge < -0.3 is 14.5 Å². The second-order valence-electron chi connectivity index (χ2n) is 9.08. The smallest absolute Gasteiger partial charge is 0.332 e. The quantitative estimate of drug-likeness (QED) is 0.515. The van der Waals surface area contributed by atoms with Crippen LogP contribution in [0.5, 0.6) is 11.5 Å². The van der Waals surface area contributed by atoms with Crippen LogP contribution in [-0.4, -0.2) is 38.3 Å². The molecule has 0 spiro atoms. The van der Waals surface area contributed by atoms with Crippen LogP contribution in [0.1, 0.15) is 32.2 Å². The first-order valence-electron chi connectivity index (χ1n) is 10.3. The lowest BCUT2D eigenvalue weighted by molar-refractivity contribution is 0.337. The Bertz CT molecular complexity index is 1440. The lowest BCUT2D eigenvalue weighted by atomic mass is 9.97. The number of aromatic nitrogens is 5. The number of rotatable bonds is 5. The zero-order chi connectivity index (χ0) is 23.2. The molecule has 4 aromatic rings. The van der Waals surface area contributed by atoms with E-state index in [0.717, 1.165) is 20.9 Å². The highest BCUT2D eigenvalue weighted by Gasteiger charge is 2.20. The molecule has 0 aliphatic carbocycles. The van der Waals surface area contributed by atoms with E-state index in [2.05, 4.69) is 15.0 Å². The van der Waals surface area contributed by atoms with Crippen LogP contribution >= 0.6 is 0 Å². The summed E-state index contributed by atoms with van der Waals surface area (Å²) in [7, 11) is 4.67. The lowest BCUT2D eigenvalue weighted by Gasteiger charge is -2.20. The van der Waals surface area contributed by atoms with Gasteiger partial charge in [0.05, 0.1) is 14.2 Å². The third-order valence-electron chi connectivity index (χ3n) is 5.36. The molecule has 9 heteroatoms. The zero-order valence-corrected chi connectivity index (χ0v) is 19.1. The van der Waals surface area contributed by atoms with Crippen molar-refractivity contribution >= 4 is 21.9 Å². The number of hydrogen-bond donors (Lipinski definition) is 1. The predicted molar refractivity (Wildman–Crippen MR) is 123 cm³/mol. The van der Waals surface area contributed by atoms with Gasteiger partial charge in [-0.25, -0.2) is 9.78 Å². The van der Waals surface area contributed by atoms with E-state index in [1.165, 1.54) is 7.05 Å². The molecule has 0 saturated heterocycles. The van der Waals surface area contributed by atoms with E-state index in [-0.39, 0.29) is 11.1 Å². The molecule has 0 radical (unpaired) electrons. The van der Waals surface area contributed by atoms with Gasteiger partial charge in [0.2, 0.25) is 0 Å². The fourth-order valence-electron chi connectivity index (χ4n) is 3.86. The minimum atomic E-state index is -0.392. The second kappa shape index (κ2) is 7.81. The number of hydrogen-bond acceptors (Lipinski definition) is 6. The van der Waals surface area contributed by atoms with Gasteiger partial charge in [-0.1, -0.05) is 20.8 Å². The predicted octanol–water partition coefficient (Wildman–Crippen LogP) is 2.63. The highest BCUT2D eigenvalue weighted by atomic mass is 16.5. The lowest BCUT2D eigenvalue weighted by Crippen LogP contribution is -2.40. The summed E-state index contributed by atoms with van der Waals surface area (Å²) >= 11 is 0. The van der Waals surface area contributed by atoms with Crippen LogP contribution in [0.15, 0.2) is 34.1 Å². The molecule has 0 aliphatic rings. The molecule has 0 aliphatic heterocycles. The summed E-state index contributed by atoms with van der Waals surface area (Å²) in [6.45, 7) is 6.54. The van der Waals surface area contributed by atoms with E-state index in [1.807, 2.05) is 32.9 Å². The van der Waals surface area contributed by atoms with Gasteiger partial charge in [-0.3, -0.25) is 18.9 Å². The van der Waals surface area contributed by atoms with Crippen LogP contribution in [0, 0.1) is 5.41 Å². The Morgan fingerprint density at radius 1 is 1.06 bits per heavy atom. The fourth-order valence-corrected chi connectivity index (χ4v) is 3.86. The molecule has 0 amide bonds. The average molecular weight is 438 g/mol. The van der Waals surface area contributed by atoms with Crippen molar-refractivity contribution in [1.29, 1.82) is 0 Å². The molecule has 9 nitrogen and oxygen atoms in total. The van der Waals surface area contributed by atoms with Gasteiger partial charge in [0.25, 0.3) is 5.56 Å². The molecular weight excluding hydrogens is 410 g/mol. The first kappa shape index (κ1) is 21.6. The molecule has 0 bridgehead atoms. The third-order valence-corrected chi connectivity index (χ3v) is 5.36. The average Bonchev–Trinajstić information content (AvgIpc) is 3.17. The number of methoxy groups -OCH3 is 2. The second-order valence-corrected chi connectivity index (χ2v) is 9.08. The van der Waals surface area contributed by atoms with Gasteiger partial charge >= 0.3 is 5.69 Å². The summed E-state index contributed by atoms with van der Waals surface area (Å²) in [5.41, 5.74) is 0.663. The molecule has 0 atom stereocenters. The molecule has 4 rings (SSSR count). The van der Waals surface area contributed by atoms with E-state index in [4.69, 9.17) is 9.47 Å². The van der Waals surface area contributed by atoms with Gasteiger partial charge in [-0.2, -0.15) is 0 Å². The van der Waals surface area contributed by atoms with Gasteiger partial charge in [-0.05, 0) is 28.5 Å². The van der Waals surface area contributed by atoms with E-state index in [0.29, 0.717) is 41.5 Å². The largest absolute Gasteiger partial charge is 0.493 e. The van der Waals surface area contributed by atoms with Crippen LogP contribution in [-0.2, 0) is 20.0 Å². The fraction of sp³-hybridized carbons (Fsp3) is 0.391. The minimum absolute atomic E-state index is 0.164.